The Kier molecular flexibility index (Phi) is 10.8. The van der Waals surface area contributed by atoms with Crippen LogP contribution >= 0.6 is 0 Å². The average molecular weight is 463 g/mol. The van der Waals surface area contributed by atoms with Crippen LogP contribution in [0.2, 0.25) is 0 Å². The minimum Gasteiger partial charge on any atom is -0.203 e. The van der Waals surface area contributed by atoms with Gasteiger partial charge in [-0.05, 0) is 66.3 Å². The number of hydrogen-bond acceptors (Lipinski definition) is 0. The van der Waals surface area contributed by atoms with Gasteiger partial charge in [0.05, 0.1) is 0 Å². The van der Waals surface area contributed by atoms with Crippen LogP contribution < -0.4 is 0 Å². The van der Waals surface area contributed by atoms with E-state index in [2.05, 4.69) is 38.1 Å². The third-order valence-corrected chi connectivity index (χ3v) is 6.77. The topological polar surface area (TPSA) is 0 Å². The Hall–Kier alpha value is -2.48. The van der Waals surface area contributed by atoms with Gasteiger partial charge in [-0.1, -0.05) is 113 Å². The van der Waals surface area contributed by atoms with Gasteiger partial charge in [0.1, 0.15) is 0 Å². The van der Waals surface area contributed by atoms with Crippen molar-refractivity contribution in [2.45, 2.75) is 90.9 Å². The second-order valence-electron chi connectivity index (χ2n) is 9.53. The summed E-state index contributed by atoms with van der Waals surface area (Å²) in [5, 5.41) is 0. The van der Waals surface area contributed by atoms with Crippen LogP contribution in [0.25, 0.3) is 11.1 Å². The molecule has 0 amide bonds. The SMILES string of the molecule is CCCCCCCc1ccc(-c2ccc(CCc3ccc(CCCCC)cc3)cc2)c(F)c1F. The first-order chi connectivity index (χ1) is 16.6. The molecule has 0 aliphatic carbocycles. The lowest BCUT2D eigenvalue weighted by atomic mass is 9.97. The van der Waals surface area contributed by atoms with E-state index in [1.807, 2.05) is 24.3 Å². The lowest BCUT2D eigenvalue weighted by molar-refractivity contribution is 0.497. The van der Waals surface area contributed by atoms with Crippen LogP contribution in [-0.2, 0) is 25.7 Å². The number of aryl methyl sites for hydroxylation is 4. The summed E-state index contributed by atoms with van der Waals surface area (Å²) in [7, 11) is 0. The zero-order chi connectivity index (χ0) is 24.2. The van der Waals surface area contributed by atoms with E-state index in [0.29, 0.717) is 17.5 Å². The number of benzene rings is 3. The van der Waals surface area contributed by atoms with Crippen molar-refractivity contribution in [1.29, 1.82) is 0 Å². The van der Waals surface area contributed by atoms with Crippen molar-refractivity contribution in [2.24, 2.45) is 0 Å². The predicted octanol–water partition coefficient (Wildman–Crippen LogP) is 9.66. The Morgan fingerprint density at radius 1 is 0.471 bits per heavy atom. The molecule has 0 bridgehead atoms. The first-order valence-electron chi connectivity index (χ1n) is 13.3. The van der Waals surface area contributed by atoms with Gasteiger partial charge in [-0.2, -0.15) is 0 Å². The molecule has 0 nitrogen and oxygen atoms in total. The molecule has 2 heteroatoms. The largest absolute Gasteiger partial charge is 0.203 e. The number of hydrogen-bond donors (Lipinski definition) is 0. The monoisotopic (exact) mass is 462 g/mol. The molecule has 0 radical (unpaired) electrons. The van der Waals surface area contributed by atoms with Crippen molar-refractivity contribution in [3.8, 4) is 11.1 Å². The summed E-state index contributed by atoms with van der Waals surface area (Å²) in [6.07, 6.45) is 13.0. The fourth-order valence-electron chi connectivity index (χ4n) is 4.52. The standard InChI is InChI=1S/C32H40F2/c1-3-5-7-8-10-12-29-23-24-30(32(34)31(29)33)28-21-19-27(20-22-28)18-17-26-15-13-25(14-16-26)11-9-6-4-2/h13-16,19-24H,3-12,17-18H2,1-2H3. The molecule has 0 aliphatic rings. The van der Waals surface area contributed by atoms with Crippen LogP contribution in [0.5, 0.6) is 0 Å². The second kappa shape index (κ2) is 14.0. The Morgan fingerprint density at radius 3 is 1.59 bits per heavy atom. The van der Waals surface area contributed by atoms with Crippen molar-refractivity contribution in [3.05, 3.63) is 94.6 Å². The van der Waals surface area contributed by atoms with Gasteiger partial charge in [0.25, 0.3) is 0 Å². The smallest absolute Gasteiger partial charge is 0.166 e. The number of rotatable bonds is 14. The van der Waals surface area contributed by atoms with Gasteiger partial charge in [-0.25, -0.2) is 8.78 Å². The van der Waals surface area contributed by atoms with Crippen molar-refractivity contribution < 1.29 is 8.78 Å². The molecule has 0 fully saturated rings. The molecule has 0 saturated heterocycles. The zero-order valence-electron chi connectivity index (χ0n) is 21.0. The van der Waals surface area contributed by atoms with Gasteiger partial charge < -0.3 is 0 Å². The molecular weight excluding hydrogens is 422 g/mol. The molecular formula is C32H40F2. The van der Waals surface area contributed by atoms with E-state index in [9.17, 15) is 8.78 Å². The van der Waals surface area contributed by atoms with Crippen LogP contribution in [0.1, 0.15) is 87.5 Å². The van der Waals surface area contributed by atoms with Crippen LogP contribution in [0.3, 0.4) is 0 Å². The van der Waals surface area contributed by atoms with E-state index >= 15 is 0 Å². The van der Waals surface area contributed by atoms with Crippen LogP contribution in [-0.4, -0.2) is 0 Å². The minimum atomic E-state index is -0.724. The molecule has 0 heterocycles. The van der Waals surface area contributed by atoms with Crippen molar-refractivity contribution in [2.75, 3.05) is 0 Å². The fourth-order valence-corrected chi connectivity index (χ4v) is 4.52. The minimum absolute atomic E-state index is 0.345. The van der Waals surface area contributed by atoms with E-state index in [4.69, 9.17) is 0 Å². The molecule has 0 unspecified atom stereocenters. The highest BCUT2D eigenvalue weighted by Crippen LogP contribution is 2.28. The Labute approximate surface area is 205 Å². The van der Waals surface area contributed by atoms with Gasteiger partial charge in [0.2, 0.25) is 0 Å². The zero-order valence-corrected chi connectivity index (χ0v) is 21.0. The molecule has 3 aromatic carbocycles. The molecule has 0 saturated carbocycles. The molecule has 0 aromatic heterocycles. The molecule has 0 spiro atoms. The molecule has 3 rings (SSSR count). The highest BCUT2D eigenvalue weighted by molar-refractivity contribution is 5.65. The average Bonchev–Trinajstić information content (AvgIpc) is 2.86. The highest BCUT2D eigenvalue weighted by Gasteiger charge is 2.14. The van der Waals surface area contributed by atoms with Crippen molar-refractivity contribution in [3.63, 3.8) is 0 Å². The number of halogens is 2. The maximum Gasteiger partial charge on any atom is 0.166 e. The first kappa shape index (κ1) is 26.1. The summed E-state index contributed by atoms with van der Waals surface area (Å²) < 4.78 is 29.5. The lowest BCUT2D eigenvalue weighted by Crippen LogP contribution is -1.98. The summed E-state index contributed by atoms with van der Waals surface area (Å²) in [6.45, 7) is 4.41. The molecule has 3 aromatic rings. The van der Waals surface area contributed by atoms with Crippen molar-refractivity contribution >= 4 is 0 Å². The normalized spacial score (nSPS) is 11.2. The van der Waals surface area contributed by atoms with Crippen LogP contribution in [0.4, 0.5) is 8.78 Å². The number of unbranched alkanes of at least 4 members (excludes halogenated alkanes) is 6. The maximum atomic E-state index is 14.8. The lowest BCUT2D eigenvalue weighted by Gasteiger charge is -2.10. The first-order valence-corrected chi connectivity index (χ1v) is 13.3. The molecule has 182 valence electrons. The van der Waals surface area contributed by atoms with E-state index < -0.39 is 11.6 Å². The van der Waals surface area contributed by atoms with Gasteiger partial charge >= 0.3 is 0 Å². The van der Waals surface area contributed by atoms with E-state index in [1.54, 1.807) is 12.1 Å². The van der Waals surface area contributed by atoms with Gasteiger partial charge in [0.15, 0.2) is 11.6 Å². The molecule has 0 atom stereocenters. The summed E-state index contributed by atoms with van der Waals surface area (Å²) in [6, 6.07) is 20.4. The third-order valence-electron chi connectivity index (χ3n) is 6.77. The van der Waals surface area contributed by atoms with Crippen molar-refractivity contribution in [1.82, 2.24) is 0 Å². The Balaban J connectivity index is 1.55. The quantitative estimate of drug-likeness (QED) is 0.209. The summed E-state index contributed by atoms with van der Waals surface area (Å²) in [4.78, 5) is 0. The second-order valence-corrected chi connectivity index (χ2v) is 9.53. The summed E-state index contributed by atoms with van der Waals surface area (Å²) in [5.41, 5.74) is 5.52. The van der Waals surface area contributed by atoms with Gasteiger partial charge in [-0.3, -0.25) is 0 Å². The summed E-state index contributed by atoms with van der Waals surface area (Å²) in [5.74, 6) is -1.41. The van der Waals surface area contributed by atoms with E-state index in [-0.39, 0.29) is 0 Å². The fraction of sp³-hybridized carbons (Fsp3) is 0.438. The summed E-state index contributed by atoms with van der Waals surface area (Å²) >= 11 is 0. The Morgan fingerprint density at radius 2 is 0.971 bits per heavy atom. The molecule has 34 heavy (non-hydrogen) atoms. The van der Waals surface area contributed by atoms with Gasteiger partial charge in [0, 0.05) is 5.56 Å². The highest BCUT2D eigenvalue weighted by atomic mass is 19.2. The third kappa shape index (κ3) is 7.79. The van der Waals surface area contributed by atoms with E-state index in [1.165, 1.54) is 48.8 Å². The maximum absolute atomic E-state index is 14.8. The predicted molar refractivity (Wildman–Crippen MR) is 141 cm³/mol. The van der Waals surface area contributed by atoms with Crippen LogP contribution in [0.15, 0.2) is 60.7 Å². The van der Waals surface area contributed by atoms with E-state index in [0.717, 1.165) is 44.1 Å². The molecule has 0 aliphatic heterocycles. The Bertz CT molecular complexity index is 987. The van der Waals surface area contributed by atoms with Crippen LogP contribution in [0, 0.1) is 11.6 Å². The molecule has 0 N–H and O–H groups in total. The van der Waals surface area contributed by atoms with Gasteiger partial charge in [-0.15, -0.1) is 0 Å².